The van der Waals surface area contributed by atoms with Crippen molar-refractivity contribution in [1.29, 1.82) is 0 Å². The van der Waals surface area contributed by atoms with E-state index in [9.17, 15) is 25.0 Å². The Labute approximate surface area is 147 Å². The first-order valence-electron chi connectivity index (χ1n) is 7.75. The summed E-state index contributed by atoms with van der Waals surface area (Å²) in [6.45, 7) is 0. The van der Waals surface area contributed by atoms with E-state index in [1.54, 1.807) is 18.2 Å². The van der Waals surface area contributed by atoms with E-state index < -0.39 is 21.9 Å². The van der Waals surface area contributed by atoms with Crippen LogP contribution in [0.2, 0.25) is 0 Å². The molecule has 2 atom stereocenters. The maximum absolute atomic E-state index is 12.3. The van der Waals surface area contributed by atoms with Crippen LogP contribution >= 0.6 is 0 Å². The molecule has 1 aliphatic rings. The lowest BCUT2D eigenvalue weighted by Gasteiger charge is -2.12. The molecule has 1 saturated heterocycles. The smallest absolute Gasteiger partial charge is 0.282 e. The van der Waals surface area contributed by atoms with E-state index >= 15 is 0 Å². The number of hydrogen-bond donors (Lipinski definition) is 3. The normalized spacial score (nSPS) is 19.1. The van der Waals surface area contributed by atoms with E-state index in [1.165, 1.54) is 30.3 Å². The van der Waals surface area contributed by atoms with Crippen molar-refractivity contribution in [2.75, 3.05) is 0 Å². The summed E-state index contributed by atoms with van der Waals surface area (Å²) >= 11 is 0. The highest BCUT2D eigenvalue weighted by atomic mass is 16.6. The van der Waals surface area contributed by atoms with Gasteiger partial charge in [-0.2, -0.15) is 0 Å². The van der Waals surface area contributed by atoms with Crippen LogP contribution in [-0.2, 0) is 0 Å². The van der Waals surface area contributed by atoms with Crippen LogP contribution in [0.25, 0.3) is 0 Å². The molecular formula is C16H15N5O5. The van der Waals surface area contributed by atoms with Crippen LogP contribution in [0.15, 0.2) is 48.5 Å². The average Bonchev–Trinajstić information content (AvgIpc) is 3.10. The molecular weight excluding hydrogens is 342 g/mol. The van der Waals surface area contributed by atoms with Gasteiger partial charge >= 0.3 is 0 Å². The average molecular weight is 357 g/mol. The monoisotopic (exact) mass is 357 g/mol. The zero-order chi connectivity index (χ0) is 18.7. The van der Waals surface area contributed by atoms with Gasteiger partial charge in [0, 0.05) is 30.7 Å². The number of non-ortho nitro benzene ring substituents is 1. The lowest BCUT2D eigenvalue weighted by molar-refractivity contribution is -0.385. The molecule has 1 aliphatic heterocycles. The molecule has 10 heteroatoms. The summed E-state index contributed by atoms with van der Waals surface area (Å²) in [5.74, 6) is -0.573. The second-order valence-electron chi connectivity index (χ2n) is 5.73. The Kier molecular flexibility index (Phi) is 4.87. The number of amides is 1. The van der Waals surface area contributed by atoms with Gasteiger partial charge in [-0.05, 0) is 11.6 Å². The second kappa shape index (κ2) is 7.25. The van der Waals surface area contributed by atoms with Crippen LogP contribution in [0, 0.1) is 20.2 Å². The third kappa shape index (κ3) is 3.66. The van der Waals surface area contributed by atoms with Crippen molar-refractivity contribution < 1.29 is 14.6 Å². The molecule has 3 N–H and O–H groups in total. The van der Waals surface area contributed by atoms with Crippen molar-refractivity contribution >= 4 is 17.3 Å². The molecule has 3 rings (SSSR count). The first-order chi connectivity index (χ1) is 12.5. The molecule has 26 heavy (non-hydrogen) atoms. The van der Waals surface area contributed by atoms with E-state index in [-0.39, 0.29) is 23.0 Å². The number of nitro benzene ring substituents is 2. The van der Waals surface area contributed by atoms with E-state index in [0.29, 0.717) is 12.0 Å². The molecule has 2 aromatic carbocycles. The lowest BCUT2D eigenvalue weighted by atomic mass is 10.0. The number of para-hydroxylation sites is 1. The SMILES string of the molecule is O=C(NC1CC(c2cccc([N+](=O)[O-])c2)NN1)c1ccccc1[N+](=O)[O-]. The standard InChI is InChI=1S/C16H15N5O5/c22-16(12-6-1-2-7-14(12)21(25)26)17-15-9-13(18-19-15)10-4-3-5-11(8-10)20(23)24/h1-8,13,15,18-19H,9H2,(H,17,22). The number of nitrogens with one attached hydrogen (secondary N) is 3. The number of carbonyl (C=O) groups is 1. The Bertz CT molecular complexity index is 872. The summed E-state index contributed by atoms with van der Waals surface area (Å²) in [6, 6.07) is 11.6. The Hall–Kier alpha value is -3.37. The number of benzene rings is 2. The summed E-state index contributed by atoms with van der Waals surface area (Å²) < 4.78 is 0. The number of nitro groups is 2. The fraction of sp³-hybridized carbons (Fsp3) is 0.188. The van der Waals surface area contributed by atoms with Gasteiger partial charge in [-0.3, -0.25) is 25.0 Å². The zero-order valence-corrected chi connectivity index (χ0v) is 13.4. The van der Waals surface area contributed by atoms with Gasteiger partial charge < -0.3 is 5.32 Å². The first kappa shape index (κ1) is 17.5. The third-order valence-electron chi connectivity index (χ3n) is 4.04. The highest BCUT2D eigenvalue weighted by Crippen LogP contribution is 2.25. The summed E-state index contributed by atoms with van der Waals surface area (Å²) in [4.78, 5) is 33.2. The minimum Gasteiger partial charge on any atom is -0.335 e. The molecule has 0 aliphatic carbocycles. The number of carbonyl (C=O) groups excluding carboxylic acids is 1. The summed E-state index contributed by atoms with van der Waals surface area (Å²) in [5.41, 5.74) is 6.23. The molecule has 134 valence electrons. The van der Waals surface area contributed by atoms with Crippen molar-refractivity contribution in [1.82, 2.24) is 16.2 Å². The highest BCUT2D eigenvalue weighted by Gasteiger charge is 2.29. The van der Waals surface area contributed by atoms with E-state index in [0.717, 1.165) is 0 Å². The van der Waals surface area contributed by atoms with Crippen molar-refractivity contribution in [3.05, 3.63) is 79.9 Å². The second-order valence-corrected chi connectivity index (χ2v) is 5.73. The zero-order valence-electron chi connectivity index (χ0n) is 13.4. The van der Waals surface area contributed by atoms with Gasteiger partial charge in [-0.1, -0.05) is 24.3 Å². The Balaban J connectivity index is 1.68. The quantitative estimate of drug-likeness (QED) is 0.547. The van der Waals surface area contributed by atoms with Crippen LogP contribution in [0.5, 0.6) is 0 Å². The van der Waals surface area contributed by atoms with Crippen LogP contribution in [0.3, 0.4) is 0 Å². The largest absolute Gasteiger partial charge is 0.335 e. The number of nitrogens with zero attached hydrogens (tertiary/aromatic N) is 2. The molecule has 0 aromatic heterocycles. The molecule has 0 radical (unpaired) electrons. The molecule has 0 spiro atoms. The molecule has 1 heterocycles. The van der Waals surface area contributed by atoms with Crippen molar-refractivity contribution in [2.45, 2.75) is 18.6 Å². The van der Waals surface area contributed by atoms with E-state index in [2.05, 4.69) is 16.2 Å². The highest BCUT2D eigenvalue weighted by molar-refractivity contribution is 5.98. The van der Waals surface area contributed by atoms with Gasteiger partial charge in [0.15, 0.2) is 0 Å². The van der Waals surface area contributed by atoms with Crippen LogP contribution in [0.4, 0.5) is 11.4 Å². The molecule has 1 fully saturated rings. The summed E-state index contributed by atoms with van der Waals surface area (Å²) in [7, 11) is 0. The molecule has 1 amide bonds. The molecule has 0 bridgehead atoms. The lowest BCUT2D eigenvalue weighted by Crippen LogP contribution is -2.44. The first-order valence-corrected chi connectivity index (χ1v) is 7.75. The Morgan fingerprint density at radius 1 is 1.04 bits per heavy atom. The van der Waals surface area contributed by atoms with E-state index in [1.807, 2.05) is 0 Å². The molecule has 2 unspecified atom stereocenters. The summed E-state index contributed by atoms with van der Waals surface area (Å²) in [5, 5.41) is 24.6. The van der Waals surface area contributed by atoms with E-state index in [4.69, 9.17) is 0 Å². The van der Waals surface area contributed by atoms with Crippen molar-refractivity contribution in [2.24, 2.45) is 0 Å². The minimum absolute atomic E-state index is 0.0169. The predicted octanol–water partition coefficient (Wildman–Crippen LogP) is 1.80. The molecule has 0 saturated carbocycles. The maximum Gasteiger partial charge on any atom is 0.282 e. The van der Waals surface area contributed by atoms with Crippen LogP contribution in [-0.4, -0.2) is 21.9 Å². The van der Waals surface area contributed by atoms with Crippen LogP contribution < -0.4 is 16.2 Å². The van der Waals surface area contributed by atoms with Crippen molar-refractivity contribution in [3.63, 3.8) is 0 Å². The number of rotatable bonds is 5. The molecule has 10 nitrogen and oxygen atoms in total. The maximum atomic E-state index is 12.3. The van der Waals surface area contributed by atoms with Gasteiger partial charge in [0.05, 0.1) is 16.0 Å². The Morgan fingerprint density at radius 2 is 1.81 bits per heavy atom. The minimum atomic E-state index is -0.610. The predicted molar refractivity (Wildman–Crippen MR) is 91.1 cm³/mol. The summed E-state index contributed by atoms with van der Waals surface area (Å²) in [6.07, 6.45) is -0.0559. The number of hydrogen-bond acceptors (Lipinski definition) is 7. The Morgan fingerprint density at radius 3 is 2.54 bits per heavy atom. The third-order valence-corrected chi connectivity index (χ3v) is 4.04. The van der Waals surface area contributed by atoms with Gasteiger partial charge in [0.2, 0.25) is 0 Å². The topological polar surface area (TPSA) is 139 Å². The van der Waals surface area contributed by atoms with Crippen LogP contribution in [0.1, 0.15) is 28.4 Å². The fourth-order valence-electron chi connectivity index (χ4n) is 2.79. The van der Waals surface area contributed by atoms with Gasteiger partial charge in [-0.15, -0.1) is 0 Å². The van der Waals surface area contributed by atoms with Gasteiger partial charge in [-0.25, -0.2) is 10.9 Å². The number of hydrazine groups is 1. The van der Waals surface area contributed by atoms with Gasteiger partial charge in [0.1, 0.15) is 5.56 Å². The van der Waals surface area contributed by atoms with Gasteiger partial charge in [0.25, 0.3) is 17.3 Å². The fourth-order valence-corrected chi connectivity index (χ4v) is 2.79. The molecule has 2 aromatic rings. The van der Waals surface area contributed by atoms with Crippen molar-refractivity contribution in [3.8, 4) is 0 Å².